The van der Waals surface area contributed by atoms with Gasteiger partial charge in [0.2, 0.25) is 10.0 Å². The lowest BCUT2D eigenvalue weighted by Gasteiger charge is -2.29. The zero-order valence-electron chi connectivity index (χ0n) is 9.20. The molecular weight excluding hydrogens is 212 g/mol. The molecule has 0 radical (unpaired) electrons. The molecule has 1 aliphatic carbocycles. The van der Waals surface area contributed by atoms with Crippen LogP contribution in [0.15, 0.2) is 0 Å². The normalized spacial score (nSPS) is 32.9. The Bertz CT molecular complexity index is 311. The zero-order valence-corrected chi connectivity index (χ0v) is 10.0. The highest BCUT2D eigenvalue weighted by atomic mass is 32.2. The summed E-state index contributed by atoms with van der Waals surface area (Å²) in [5, 5.41) is 3.23. The van der Waals surface area contributed by atoms with Crippen LogP contribution in [0.25, 0.3) is 0 Å². The van der Waals surface area contributed by atoms with Crippen LogP contribution in [0.4, 0.5) is 0 Å². The minimum absolute atomic E-state index is 0.0856. The Kier molecular flexibility index (Phi) is 3.33. The topological polar surface area (TPSA) is 58.2 Å². The lowest BCUT2D eigenvalue weighted by molar-refractivity contribution is 0.327. The molecule has 15 heavy (non-hydrogen) atoms. The summed E-state index contributed by atoms with van der Waals surface area (Å²) in [5.41, 5.74) is 0. The van der Waals surface area contributed by atoms with Crippen LogP contribution in [0.3, 0.4) is 0 Å². The van der Waals surface area contributed by atoms with E-state index >= 15 is 0 Å². The quantitative estimate of drug-likeness (QED) is 0.733. The third-order valence-corrected chi connectivity index (χ3v) is 4.88. The third-order valence-electron chi connectivity index (χ3n) is 3.31. The molecule has 2 unspecified atom stereocenters. The van der Waals surface area contributed by atoms with Gasteiger partial charge in [0.1, 0.15) is 0 Å². The molecule has 88 valence electrons. The number of piperidine rings is 1. The first kappa shape index (κ1) is 11.4. The molecule has 5 heteroatoms. The first-order valence-corrected chi connectivity index (χ1v) is 7.43. The number of rotatable bonds is 4. The number of hydrogen-bond donors (Lipinski definition) is 2. The van der Waals surface area contributed by atoms with Gasteiger partial charge in [0.15, 0.2) is 0 Å². The van der Waals surface area contributed by atoms with Gasteiger partial charge in [0, 0.05) is 12.6 Å². The van der Waals surface area contributed by atoms with E-state index in [1.54, 1.807) is 0 Å². The van der Waals surface area contributed by atoms with Crippen LogP contribution in [0.2, 0.25) is 0 Å². The smallest absolute Gasteiger partial charge is 0.212 e. The molecule has 0 aromatic carbocycles. The fourth-order valence-corrected chi connectivity index (χ4v) is 3.85. The Balaban J connectivity index is 1.88. The fourth-order valence-electron chi connectivity index (χ4n) is 2.02. The van der Waals surface area contributed by atoms with E-state index in [1.807, 2.05) is 0 Å². The lowest BCUT2D eigenvalue weighted by atomic mass is 9.96. The van der Waals surface area contributed by atoms with Crippen LogP contribution in [-0.4, -0.2) is 33.3 Å². The van der Waals surface area contributed by atoms with Crippen molar-refractivity contribution in [1.82, 2.24) is 10.0 Å². The van der Waals surface area contributed by atoms with Gasteiger partial charge >= 0.3 is 0 Å². The van der Waals surface area contributed by atoms with E-state index in [0.29, 0.717) is 17.6 Å². The van der Waals surface area contributed by atoms with Gasteiger partial charge in [-0.3, -0.25) is 0 Å². The summed E-state index contributed by atoms with van der Waals surface area (Å²) in [4.78, 5) is 0. The molecule has 1 saturated heterocycles. The van der Waals surface area contributed by atoms with Crippen molar-refractivity contribution in [2.45, 2.75) is 32.2 Å². The van der Waals surface area contributed by atoms with E-state index in [-0.39, 0.29) is 6.04 Å². The summed E-state index contributed by atoms with van der Waals surface area (Å²) < 4.78 is 26.3. The van der Waals surface area contributed by atoms with Gasteiger partial charge in [-0.2, -0.15) is 0 Å². The average Bonchev–Trinajstić information content (AvgIpc) is 2.91. The minimum Gasteiger partial charge on any atom is -0.315 e. The van der Waals surface area contributed by atoms with Crippen LogP contribution in [0, 0.1) is 11.8 Å². The van der Waals surface area contributed by atoms with E-state index in [1.165, 1.54) is 0 Å². The Morgan fingerprint density at radius 2 is 2.07 bits per heavy atom. The molecule has 2 N–H and O–H groups in total. The van der Waals surface area contributed by atoms with Gasteiger partial charge in [0.25, 0.3) is 0 Å². The standard InChI is InChI=1S/C10H20N2O2S/c1-8-4-5-11-6-10(8)12-15(13,14)7-9-2-3-9/h8-12H,2-7H2,1H3. The van der Waals surface area contributed by atoms with E-state index in [4.69, 9.17) is 0 Å². The zero-order chi connectivity index (χ0) is 10.9. The van der Waals surface area contributed by atoms with Crippen LogP contribution < -0.4 is 10.0 Å². The molecule has 1 heterocycles. The third kappa shape index (κ3) is 3.43. The minimum atomic E-state index is -3.04. The van der Waals surface area contributed by atoms with Crippen molar-refractivity contribution in [3.05, 3.63) is 0 Å². The molecule has 2 fully saturated rings. The summed E-state index contributed by atoms with van der Waals surface area (Å²) in [5.74, 6) is 1.20. The number of sulfonamides is 1. The maximum absolute atomic E-state index is 11.8. The second kappa shape index (κ2) is 4.39. The Labute approximate surface area is 91.9 Å². The van der Waals surface area contributed by atoms with Crippen LogP contribution in [-0.2, 0) is 10.0 Å². The van der Waals surface area contributed by atoms with Gasteiger partial charge in [-0.15, -0.1) is 0 Å². The first-order chi connectivity index (χ1) is 7.07. The Hall–Kier alpha value is -0.130. The Morgan fingerprint density at radius 1 is 1.33 bits per heavy atom. The summed E-state index contributed by atoms with van der Waals surface area (Å²) >= 11 is 0. The number of hydrogen-bond acceptors (Lipinski definition) is 3. The van der Waals surface area contributed by atoms with Gasteiger partial charge in [-0.05, 0) is 37.6 Å². The maximum Gasteiger partial charge on any atom is 0.212 e. The van der Waals surface area contributed by atoms with Crippen LogP contribution in [0.5, 0.6) is 0 Å². The van der Waals surface area contributed by atoms with Crippen molar-refractivity contribution in [1.29, 1.82) is 0 Å². The second-order valence-electron chi connectivity index (χ2n) is 4.92. The van der Waals surface area contributed by atoms with Crippen LogP contribution in [0.1, 0.15) is 26.2 Å². The summed E-state index contributed by atoms with van der Waals surface area (Å²) in [6.07, 6.45) is 3.22. The van der Waals surface area contributed by atoms with Gasteiger partial charge in [-0.1, -0.05) is 6.92 Å². The first-order valence-electron chi connectivity index (χ1n) is 5.77. The molecule has 2 rings (SSSR count). The van der Waals surface area contributed by atoms with Gasteiger partial charge < -0.3 is 5.32 Å². The van der Waals surface area contributed by atoms with Crippen molar-refractivity contribution in [2.24, 2.45) is 11.8 Å². The highest BCUT2D eigenvalue weighted by Gasteiger charge is 2.31. The second-order valence-corrected chi connectivity index (χ2v) is 6.72. The van der Waals surface area contributed by atoms with Gasteiger partial charge in [0.05, 0.1) is 5.75 Å². The molecule has 0 aromatic rings. The van der Waals surface area contributed by atoms with E-state index in [0.717, 1.165) is 32.4 Å². The SMILES string of the molecule is CC1CCNCC1NS(=O)(=O)CC1CC1. The van der Waals surface area contributed by atoms with E-state index in [9.17, 15) is 8.42 Å². The molecule has 4 nitrogen and oxygen atoms in total. The summed E-state index contributed by atoms with van der Waals surface area (Å²) in [6, 6.07) is 0.0856. The lowest BCUT2D eigenvalue weighted by Crippen LogP contribution is -2.50. The monoisotopic (exact) mass is 232 g/mol. The van der Waals surface area contributed by atoms with E-state index in [2.05, 4.69) is 17.0 Å². The average molecular weight is 232 g/mol. The highest BCUT2D eigenvalue weighted by molar-refractivity contribution is 7.89. The predicted molar refractivity (Wildman–Crippen MR) is 60.1 cm³/mol. The summed E-state index contributed by atoms with van der Waals surface area (Å²) in [7, 11) is -3.04. The van der Waals surface area contributed by atoms with Crippen molar-refractivity contribution < 1.29 is 8.42 Å². The molecule has 2 aliphatic rings. The van der Waals surface area contributed by atoms with Crippen molar-refractivity contribution in [2.75, 3.05) is 18.8 Å². The molecule has 0 aromatic heterocycles. The molecule has 0 spiro atoms. The molecule has 0 amide bonds. The van der Waals surface area contributed by atoms with Crippen molar-refractivity contribution in [3.63, 3.8) is 0 Å². The molecule has 2 atom stereocenters. The fraction of sp³-hybridized carbons (Fsp3) is 1.00. The largest absolute Gasteiger partial charge is 0.315 e. The summed E-state index contributed by atoms with van der Waals surface area (Å²) in [6.45, 7) is 3.89. The maximum atomic E-state index is 11.8. The molecule has 1 aliphatic heterocycles. The van der Waals surface area contributed by atoms with E-state index < -0.39 is 10.0 Å². The van der Waals surface area contributed by atoms with Gasteiger partial charge in [-0.25, -0.2) is 13.1 Å². The van der Waals surface area contributed by atoms with Crippen molar-refractivity contribution >= 4 is 10.0 Å². The molecule has 1 saturated carbocycles. The molecular formula is C10H20N2O2S. The Morgan fingerprint density at radius 3 is 2.67 bits per heavy atom. The number of nitrogens with one attached hydrogen (secondary N) is 2. The highest BCUT2D eigenvalue weighted by Crippen LogP contribution is 2.30. The van der Waals surface area contributed by atoms with Crippen molar-refractivity contribution in [3.8, 4) is 0 Å². The van der Waals surface area contributed by atoms with Crippen LogP contribution >= 0.6 is 0 Å². The predicted octanol–water partition coefficient (Wildman–Crippen LogP) is 0.314. The molecule has 0 bridgehead atoms.